The van der Waals surface area contributed by atoms with Gasteiger partial charge in [0.2, 0.25) is 5.91 Å². The van der Waals surface area contributed by atoms with Gasteiger partial charge in [-0.05, 0) is 42.8 Å². The summed E-state index contributed by atoms with van der Waals surface area (Å²) in [5.41, 5.74) is 2.05. The number of fused-ring (bicyclic) bond motifs is 1. The van der Waals surface area contributed by atoms with Gasteiger partial charge in [-0.15, -0.1) is 0 Å². The quantitative estimate of drug-likeness (QED) is 0.236. The van der Waals surface area contributed by atoms with E-state index in [1.165, 1.54) is 26.4 Å². The standard InChI is InChI=1S/C29H32N6O5S/c1-4-35-17-19(18-35)12-27(36)30-20-8-7-9-24(15-20)41(37,38)34-29-28(32-25-10-5-6-11-26(25)33-29)31-21-13-22(39-2)16-23(14-21)40-3/h5-11,13-16,19H,4,12,17-18H2,1-3H3,(H,30,36)(H,31,32)(H,33,34). The van der Waals surface area contributed by atoms with Gasteiger partial charge in [-0.2, -0.15) is 0 Å². The summed E-state index contributed by atoms with van der Waals surface area (Å²) in [4.78, 5) is 24.0. The van der Waals surface area contributed by atoms with Gasteiger partial charge in [-0.25, -0.2) is 18.4 Å². The molecule has 0 spiro atoms. The van der Waals surface area contributed by atoms with Gasteiger partial charge in [-0.1, -0.05) is 25.1 Å². The summed E-state index contributed by atoms with van der Waals surface area (Å²) in [6.45, 7) is 4.86. The van der Waals surface area contributed by atoms with Crippen molar-refractivity contribution in [2.75, 3.05) is 49.2 Å². The average Bonchev–Trinajstić information content (AvgIpc) is 2.94. The molecule has 214 valence electrons. The zero-order chi connectivity index (χ0) is 29.0. The zero-order valence-electron chi connectivity index (χ0n) is 23.0. The lowest BCUT2D eigenvalue weighted by molar-refractivity contribution is -0.118. The fourth-order valence-corrected chi connectivity index (χ4v) is 5.69. The molecule has 12 heteroatoms. The highest BCUT2D eigenvalue weighted by molar-refractivity contribution is 7.92. The van der Waals surface area contributed by atoms with Crippen LogP contribution in [0.2, 0.25) is 0 Å². The molecule has 0 bridgehead atoms. The molecule has 0 atom stereocenters. The number of nitrogens with zero attached hydrogens (tertiary/aromatic N) is 3. The number of methoxy groups -OCH3 is 2. The number of likely N-dealkylation sites (tertiary alicyclic amines) is 1. The Labute approximate surface area is 239 Å². The molecule has 4 aromatic rings. The summed E-state index contributed by atoms with van der Waals surface area (Å²) in [6.07, 6.45) is 0.391. The molecule has 1 saturated heterocycles. The Balaban J connectivity index is 1.40. The molecular weight excluding hydrogens is 544 g/mol. The predicted octanol–water partition coefficient (Wildman–Crippen LogP) is 4.47. The molecule has 11 nitrogen and oxygen atoms in total. The minimum atomic E-state index is -4.11. The molecule has 41 heavy (non-hydrogen) atoms. The monoisotopic (exact) mass is 576 g/mol. The number of rotatable bonds is 11. The lowest BCUT2D eigenvalue weighted by Crippen LogP contribution is -2.47. The van der Waals surface area contributed by atoms with Gasteiger partial charge in [0.05, 0.1) is 30.1 Å². The van der Waals surface area contributed by atoms with Crippen molar-refractivity contribution in [1.82, 2.24) is 14.9 Å². The van der Waals surface area contributed by atoms with Crippen LogP contribution in [0.5, 0.6) is 11.5 Å². The fourth-order valence-electron chi connectivity index (χ4n) is 4.64. The second-order valence-electron chi connectivity index (χ2n) is 9.74. The summed E-state index contributed by atoms with van der Waals surface area (Å²) < 4.78 is 40.3. The maximum Gasteiger partial charge on any atom is 0.263 e. The largest absolute Gasteiger partial charge is 0.497 e. The third-order valence-corrected chi connectivity index (χ3v) is 8.13. The van der Waals surface area contributed by atoms with Crippen LogP contribution in [0, 0.1) is 5.92 Å². The number of anilines is 4. The third kappa shape index (κ3) is 6.67. The average molecular weight is 577 g/mol. The number of hydrogen-bond acceptors (Lipinski definition) is 9. The fraction of sp³-hybridized carbons (Fsp3) is 0.276. The van der Waals surface area contributed by atoms with E-state index in [0.717, 1.165) is 19.6 Å². The maximum absolute atomic E-state index is 13.5. The molecule has 0 radical (unpaired) electrons. The smallest absolute Gasteiger partial charge is 0.263 e. The number of carbonyl (C=O) groups is 1. The number of hydrogen-bond donors (Lipinski definition) is 3. The molecule has 1 aliphatic rings. The molecule has 5 rings (SSSR count). The van der Waals surface area contributed by atoms with E-state index in [9.17, 15) is 13.2 Å². The van der Waals surface area contributed by atoms with Crippen LogP contribution in [0.1, 0.15) is 13.3 Å². The molecule has 1 amide bonds. The second-order valence-corrected chi connectivity index (χ2v) is 11.4. The van der Waals surface area contributed by atoms with Crippen molar-refractivity contribution in [3.8, 4) is 11.5 Å². The number of ether oxygens (including phenoxy) is 2. The lowest BCUT2D eigenvalue weighted by Gasteiger charge is -2.38. The molecule has 0 saturated carbocycles. The predicted molar refractivity (Wildman–Crippen MR) is 158 cm³/mol. The van der Waals surface area contributed by atoms with Gasteiger partial charge in [0.1, 0.15) is 11.5 Å². The van der Waals surface area contributed by atoms with E-state index in [4.69, 9.17) is 9.47 Å². The highest BCUT2D eigenvalue weighted by Crippen LogP contribution is 2.31. The third-order valence-electron chi connectivity index (χ3n) is 6.80. The number of sulfonamides is 1. The van der Waals surface area contributed by atoms with E-state index in [1.807, 2.05) is 6.07 Å². The van der Waals surface area contributed by atoms with Crippen molar-refractivity contribution in [3.05, 3.63) is 66.7 Å². The SMILES string of the molecule is CCN1CC(CC(=O)Nc2cccc(S(=O)(=O)Nc3nc4ccccc4nc3Nc3cc(OC)cc(OC)c3)c2)C1. The van der Waals surface area contributed by atoms with Crippen LogP contribution >= 0.6 is 0 Å². The first kappa shape index (κ1) is 28.1. The van der Waals surface area contributed by atoms with Gasteiger partial charge < -0.3 is 25.0 Å². The first-order valence-electron chi connectivity index (χ1n) is 13.2. The van der Waals surface area contributed by atoms with E-state index in [0.29, 0.717) is 46.2 Å². The molecule has 1 aliphatic heterocycles. The van der Waals surface area contributed by atoms with E-state index in [1.54, 1.807) is 48.5 Å². The van der Waals surface area contributed by atoms with Gasteiger partial charge in [0.25, 0.3) is 10.0 Å². The molecule has 3 aromatic carbocycles. The highest BCUT2D eigenvalue weighted by Gasteiger charge is 2.27. The molecule has 0 unspecified atom stereocenters. The number of carbonyl (C=O) groups excluding carboxylic acids is 1. The highest BCUT2D eigenvalue weighted by atomic mass is 32.2. The van der Waals surface area contributed by atoms with Gasteiger partial charge in [0.15, 0.2) is 11.6 Å². The van der Waals surface area contributed by atoms with Crippen molar-refractivity contribution in [3.63, 3.8) is 0 Å². The summed E-state index contributed by atoms with van der Waals surface area (Å²) in [5.74, 6) is 1.45. The molecule has 3 N–H and O–H groups in total. The van der Waals surface area contributed by atoms with Crippen LogP contribution in [-0.2, 0) is 14.8 Å². The van der Waals surface area contributed by atoms with Crippen LogP contribution in [0.15, 0.2) is 71.6 Å². The Morgan fingerprint density at radius 2 is 1.56 bits per heavy atom. The van der Waals surface area contributed by atoms with Crippen molar-refractivity contribution in [1.29, 1.82) is 0 Å². The van der Waals surface area contributed by atoms with Gasteiger partial charge in [0, 0.05) is 49.1 Å². The number of para-hydroxylation sites is 2. The van der Waals surface area contributed by atoms with Crippen molar-refractivity contribution in [2.24, 2.45) is 5.92 Å². The lowest BCUT2D eigenvalue weighted by atomic mass is 9.96. The summed E-state index contributed by atoms with van der Waals surface area (Å²) in [6, 6.07) is 18.5. The zero-order valence-corrected chi connectivity index (χ0v) is 23.9. The Hall–Kier alpha value is -4.42. The van der Waals surface area contributed by atoms with E-state index >= 15 is 0 Å². The van der Waals surface area contributed by atoms with Crippen LogP contribution in [-0.4, -0.2) is 63.0 Å². The molecule has 0 aliphatic carbocycles. The Bertz CT molecular complexity index is 1650. The first-order chi connectivity index (χ1) is 19.8. The van der Waals surface area contributed by atoms with Crippen LogP contribution in [0.4, 0.5) is 23.0 Å². The van der Waals surface area contributed by atoms with E-state index in [2.05, 4.69) is 37.1 Å². The molecule has 2 heterocycles. The van der Waals surface area contributed by atoms with Gasteiger partial charge >= 0.3 is 0 Å². The van der Waals surface area contributed by atoms with Crippen LogP contribution < -0.4 is 24.8 Å². The Morgan fingerprint density at radius 3 is 2.20 bits per heavy atom. The van der Waals surface area contributed by atoms with Crippen LogP contribution in [0.3, 0.4) is 0 Å². The van der Waals surface area contributed by atoms with Crippen molar-refractivity contribution >= 4 is 50.0 Å². The number of nitrogens with one attached hydrogen (secondary N) is 3. The normalized spacial score (nSPS) is 13.8. The second kappa shape index (κ2) is 12.0. The Kier molecular flexibility index (Phi) is 8.22. The number of aromatic nitrogens is 2. The number of benzene rings is 3. The van der Waals surface area contributed by atoms with Crippen LogP contribution in [0.25, 0.3) is 11.0 Å². The van der Waals surface area contributed by atoms with Crippen molar-refractivity contribution in [2.45, 2.75) is 18.2 Å². The molecule has 1 aromatic heterocycles. The minimum absolute atomic E-state index is 0.00499. The maximum atomic E-state index is 13.5. The molecule has 1 fully saturated rings. The molecular formula is C29H32N6O5S. The Morgan fingerprint density at radius 1 is 0.902 bits per heavy atom. The van der Waals surface area contributed by atoms with Gasteiger partial charge in [-0.3, -0.25) is 9.52 Å². The minimum Gasteiger partial charge on any atom is -0.497 e. The number of amides is 1. The topological polar surface area (TPSA) is 135 Å². The first-order valence-corrected chi connectivity index (χ1v) is 14.7. The van der Waals surface area contributed by atoms with E-state index in [-0.39, 0.29) is 22.4 Å². The summed E-state index contributed by atoms with van der Waals surface area (Å²) in [7, 11) is -1.03. The van der Waals surface area contributed by atoms with Crippen molar-refractivity contribution < 1.29 is 22.7 Å². The summed E-state index contributed by atoms with van der Waals surface area (Å²) in [5, 5.41) is 5.97. The van der Waals surface area contributed by atoms with E-state index < -0.39 is 10.0 Å². The summed E-state index contributed by atoms with van der Waals surface area (Å²) >= 11 is 0.